The molecule has 0 rings (SSSR count). The topological polar surface area (TPSA) is 60.4 Å². The SMILES string of the molecule is CCCCC/C=C(\O)C[N+](CCCCC)(CCCCC)CCC(=O)[O-]. The van der Waals surface area contributed by atoms with Gasteiger partial charge in [-0.3, -0.25) is 0 Å². The van der Waals surface area contributed by atoms with Gasteiger partial charge in [-0.1, -0.05) is 46.5 Å². The van der Waals surface area contributed by atoms with Gasteiger partial charge in [0, 0.05) is 12.4 Å². The molecule has 0 atom stereocenters. The van der Waals surface area contributed by atoms with Crippen LogP contribution in [0.1, 0.15) is 91.4 Å². The van der Waals surface area contributed by atoms with Crippen molar-refractivity contribution in [1.29, 1.82) is 0 Å². The fraction of sp³-hybridized carbons (Fsp3) is 0.857. The van der Waals surface area contributed by atoms with Gasteiger partial charge in [0.05, 0.1) is 19.6 Å². The Labute approximate surface area is 155 Å². The average molecular weight is 356 g/mol. The third kappa shape index (κ3) is 12.9. The van der Waals surface area contributed by atoms with E-state index in [0.29, 0.717) is 23.3 Å². The van der Waals surface area contributed by atoms with E-state index >= 15 is 0 Å². The van der Waals surface area contributed by atoms with Crippen molar-refractivity contribution in [1.82, 2.24) is 0 Å². The van der Waals surface area contributed by atoms with E-state index in [1.807, 2.05) is 6.08 Å². The lowest BCUT2D eigenvalue weighted by atomic mass is 10.1. The molecule has 0 unspecified atom stereocenters. The molecule has 4 heteroatoms. The van der Waals surface area contributed by atoms with Crippen LogP contribution in [0.4, 0.5) is 0 Å². The van der Waals surface area contributed by atoms with E-state index in [4.69, 9.17) is 0 Å². The average Bonchev–Trinajstić information content (AvgIpc) is 2.57. The number of allylic oxidation sites excluding steroid dienone is 1. The third-order valence-corrected chi connectivity index (χ3v) is 4.95. The summed E-state index contributed by atoms with van der Waals surface area (Å²) in [6.45, 7) is 9.54. The largest absolute Gasteiger partial charge is 0.550 e. The van der Waals surface area contributed by atoms with Gasteiger partial charge in [-0.2, -0.15) is 0 Å². The molecule has 0 aliphatic rings. The first kappa shape index (κ1) is 24.0. The van der Waals surface area contributed by atoms with Crippen molar-refractivity contribution < 1.29 is 19.5 Å². The van der Waals surface area contributed by atoms with Crippen LogP contribution in [0.5, 0.6) is 0 Å². The second kappa shape index (κ2) is 15.2. The Bertz CT molecular complexity index is 356. The summed E-state index contributed by atoms with van der Waals surface area (Å²) in [5, 5.41) is 21.5. The highest BCUT2D eigenvalue weighted by atomic mass is 16.4. The number of hydrogen-bond donors (Lipinski definition) is 1. The molecule has 0 aromatic heterocycles. The first-order valence-electron chi connectivity index (χ1n) is 10.4. The number of carbonyl (C=O) groups is 1. The number of carbonyl (C=O) groups excluding carboxylic acids is 1. The third-order valence-electron chi connectivity index (χ3n) is 4.95. The molecule has 1 N–H and O–H groups in total. The number of aliphatic hydroxyl groups is 1. The summed E-state index contributed by atoms with van der Waals surface area (Å²) in [5.74, 6) is -0.553. The molecule has 0 saturated carbocycles. The summed E-state index contributed by atoms with van der Waals surface area (Å²) in [4.78, 5) is 11.0. The quantitative estimate of drug-likeness (QED) is 0.240. The van der Waals surface area contributed by atoms with Crippen LogP contribution in [-0.4, -0.2) is 41.7 Å². The second-order valence-corrected chi connectivity index (χ2v) is 7.40. The minimum absolute atomic E-state index is 0.0708. The number of hydrogen-bond acceptors (Lipinski definition) is 3. The summed E-state index contributed by atoms with van der Waals surface area (Å²) in [7, 11) is 0. The lowest BCUT2D eigenvalue weighted by molar-refractivity contribution is -0.925. The molecule has 148 valence electrons. The standard InChI is InChI=1S/C21H41NO3/c1-4-7-10-11-14-20(23)19-22(16-12-8-5-2,17-13-9-6-3)18-15-21(24)25/h14H,4-13,15-19H2,1-3H3,(H-,23,24,25)/b20-14-. The van der Waals surface area contributed by atoms with Gasteiger partial charge in [-0.15, -0.1) is 0 Å². The molecule has 0 radical (unpaired) electrons. The van der Waals surface area contributed by atoms with E-state index in [0.717, 1.165) is 64.5 Å². The fourth-order valence-electron chi connectivity index (χ4n) is 3.37. The zero-order valence-electron chi connectivity index (χ0n) is 16.9. The molecule has 0 bridgehead atoms. The van der Waals surface area contributed by atoms with Gasteiger partial charge in [0.25, 0.3) is 0 Å². The molecule has 0 aliphatic carbocycles. The van der Waals surface area contributed by atoms with Crippen LogP contribution in [0.25, 0.3) is 0 Å². The van der Waals surface area contributed by atoms with Crippen molar-refractivity contribution in [3.63, 3.8) is 0 Å². The number of aliphatic hydroxyl groups excluding tert-OH is 1. The Hall–Kier alpha value is -1.03. The highest BCUT2D eigenvalue weighted by molar-refractivity contribution is 5.64. The fourth-order valence-corrected chi connectivity index (χ4v) is 3.37. The predicted molar refractivity (Wildman–Crippen MR) is 103 cm³/mol. The van der Waals surface area contributed by atoms with Gasteiger partial charge in [0.2, 0.25) is 0 Å². The Balaban J connectivity index is 4.99. The number of quaternary nitrogens is 1. The Morgan fingerprint density at radius 2 is 1.40 bits per heavy atom. The van der Waals surface area contributed by atoms with Gasteiger partial charge < -0.3 is 19.5 Å². The molecule has 0 saturated heterocycles. The Morgan fingerprint density at radius 3 is 1.88 bits per heavy atom. The predicted octanol–water partition coefficient (Wildman–Crippen LogP) is 4.35. The van der Waals surface area contributed by atoms with Gasteiger partial charge >= 0.3 is 0 Å². The van der Waals surface area contributed by atoms with Gasteiger partial charge in [-0.05, 0) is 44.6 Å². The summed E-state index contributed by atoms with van der Waals surface area (Å²) in [5.41, 5.74) is 0. The van der Waals surface area contributed by atoms with Crippen molar-refractivity contribution in [3.05, 3.63) is 11.8 Å². The minimum atomic E-state index is -0.986. The van der Waals surface area contributed by atoms with Crippen molar-refractivity contribution in [3.8, 4) is 0 Å². The minimum Gasteiger partial charge on any atom is -0.550 e. The maximum absolute atomic E-state index is 11.0. The lowest BCUT2D eigenvalue weighted by Crippen LogP contribution is -2.52. The van der Waals surface area contributed by atoms with Gasteiger partial charge in [0.1, 0.15) is 12.3 Å². The van der Waals surface area contributed by atoms with Crippen LogP contribution in [-0.2, 0) is 4.79 Å². The first-order valence-corrected chi connectivity index (χ1v) is 10.4. The van der Waals surface area contributed by atoms with Crippen LogP contribution in [0.15, 0.2) is 11.8 Å². The molecular weight excluding hydrogens is 314 g/mol. The number of rotatable bonds is 17. The maximum atomic E-state index is 11.0. The zero-order chi connectivity index (χ0) is 19.0. The molecule has 0 aliphatic heterocycles. The number of carboxylic acid groups (broad SMARTS) is 1. The molecule has 0 aromatic rings. The van der Waals surface area contributed by atoms with E-state index in [-0.39, 0.29) is 6.42 Å². The Morgan fingerprint density at radius 1 is 0.880 bits per heavy atom. The van der Waals surface area contributed by atoms with E-state index in [2.05, 4.69) is 20.8 Å². The zero-order valence-corrected chi connectivity index (χ0v) is 16.9. The highest BCUT2D eigenvalue weighted by Gasteiger charge is 2.27. The van der Waals surface area contributed by atoms with Crippen molar-refractivity contribution in [2.75, 3.05) is 26.2 Å². The van der Waals surface area contributed by atoms with Crippen molar-refractivity contribution in [2.45, 2.75) is 91.4 Å². The number of carboxylic acids is 1. The summed E-state index contributed by atoms with van der Waals surface area (Å²) in [6.07, 6.45) is 13.1. The van der Waals surface area contributed by atoms with E-state index in [1.54, 1.807) is 0 Å². The summed E-state index contributed by atoms with van der Waals surface area (Å²) < 4.78 is 0.685. The van der Waals surface area contributed by atoms with E-state index < -0.39 is 5.97 Å². The van der Waals surface area contributed by atoms with Crippen LogP contribution in [0.2, 0.25) is 0 Å². The van der Waals surface area contributed by atoms with Crippen LogP contribution in [0.3, 0.4) is 0 Å². The molecule has 0 fully saturated rings. The molecule has 0 heterocycles. The second-order valence-electron chi connectivity index (χ2n) is 7.40. The van der Waals surface area contributed by atoms with Gasteiger partial charge in [-0.25, -0.2) is 0 Å². The van der Waals surface area contributed by atoms with Crippen LogP contribution >= 0.6 is 0 Å². The molecular formula is C21H41NO3. The monoisotopic (exact) mass is 355 g/mol. The smallest absolute Gasteiger partial charge is 0.143 e. The Kier molecular flexibility index (Phi) is 14.6. The lowest BCUT2D eigenvalue weighted by Gasteiger charge is -2.39. The summed E-state index contributed by atoms with van der Waals surface area (Å²) in [6, 6.07) is 0. The number of aliphatic carboxylic acids is 1. The molecule has 0 amide bonds. The highest BCUT2D eigenvalue weighted by Crippen LogP contribution is 2.18. The van der Waals surface area contributed by atoms with Crippen LogP contribution in [0, 0.1) is 0 Å². The van der Waals surface area contributed by atoms with E-state index in [1.165, 1.54) is 12.8 Å². The van der Waals surface area contributed by atoms with Crippen molar-refractivity contribution >= 4 is 5.97 Å². The molecule has 0 spiro atoms. The molecule has 25 heavy (non-hydrogen) atoms. The van der Waals surface area contributed by atoms with Crippen LogP contribution < -0.4 is 5.11 Å². The van der Waals surface area contributed by atoms with E-state index in [9.17, 15) is 15.0 Å². The van der Waals surface area contributed by atoms with Crippen molar-refractivity contribution in [2.24, 2.45) is 0 Å². The molecule has 0 aromatic carbocycles. The number of nitrogens with zero attached hydrogens (tertiary/aromatic N) is 1. The maximum Gasteiger partial charge on any atom is 0.143 e. The first-order chi connectivity index (χ1) is 12.0. The normalized spacial score (nSPS) is 12.5. The molecule has 4 nitrogen and oxygen atoms in total. The van der Waals surface area contributed by atoms with Gasteiger partial charge in [0.15, 0.2) is 0 Å². The summed E-state index contributed by atoms with van der Waals surface area (Å²) >= 11 is 0. The number of unbranched alkanes of at least 4 members (excludes halogenated alkanes) is 7.